The first-order chi connectivity index (χ1) is 8.20. The third-order valence-electron chi connectivity index (χ3n) is 3.73. The summed E-state index contributed by atoms with van der Waals surface area (Å²) < 4.78 is 1.11. The van der Waals surface area contributed by atoms with Gasteiger partial charge in [-0.25, -0.2) is 0 Å². The molecule has 2 N–H and O–H groups in total. The van der Waals surface area contributed by atoms with E-state index in [4.69, 9.17) is 0 Å². The van der Waals surface area contributed by atoms with Crippen molar-refractivity contribution in [1.82, 2.24) is 5.32 Å². The van der Waals surface area contributed by atoms with Gasteiger partial charge in [-0.2, -0.15) is 0 Å². The zero-order chi connectivity index (χ0) is 12.3. The Morgan fingerprint density at radius 2 is 2.06 bits per heavy atom. The topological polar surface area (TPSA) is 32.3 Å². The van der Waals surface area contributed by atoms with Gasteiger partial charge in [0.2, 0.25) is 0 Å². The fraction of sp³-hybridized carbons (Fsp3) is 0.571. The zero-order valence-electron chi connectivity index (χ0n) is 10.2. The molecule has 0 amide bonds. The van der Waals surface area contributed by atoms with Crippen molar-refractivity contribution < 1.29 is 5.11 Å². The van der Waals surface area contributed by atoms with Crippen LogP contribution in [0.3, 0.4) is 0 Å². The number of halogens is 1. The van der Waals surface area contributed by atoms with Gasteiger partial charge in [0, 0.05) is 23.2 Å². The van der Waals surface area contributed by atoms with Crippen molar-refractivity contribution >= 4 is 15.9 Å². The molecule has 0 aromatic heterocycles. The number of hydrogen-bond donors (Lipinski definition) is 2. The summed E-state index contributed by atoms with van der Waals surface area (Å²) in [5.41, 5.74) is 1.30. The van der Waals surface area contributed by atoms with Crippen LogP contribution in [-0.2, 0) is 0 Å². The minimum atomic E-state index is 0.310. The number of nitrogens with one attached hydrogen (secondary N) is 1. The van der Waals surface area contributed by atoms with Crippen molar-refractivity contribution in [2.45, 2.75) is 38.3 Å². The highest BCUT2D eigenvalue weighted by Crippen LogP contribution is 2.27. The Morgan fingerprint density at radius 3 is 2.71 bits per heavy atom. The largest absolute Gasteiger partial charge is 0.396 e. The summed E-state index contributed by atoms with van der Waals surface area (Å²) in [6.07, 6.45) is 3.57. The first kappa shape index (κ1) is 13.1. The summed E-state index contributed by atoms with van der Waals surface area (Å²) >= 11 is 3.45. The van der Waals surface area contributed by atoms with Gasteiger partial charge in [0.05, 0.1) is 0 Å². The molecule has 1 fully saturated rings. The standard InChI is InChI=1S/C14H20BrNO/c1-10(11-5-7-13(15)8-6-11)16-14-4-2-3-12(14)9-17/h5-8,10,12,14,16-17H,2-4,9H2,1H3. The third-order valence-corrected chi connectivity index (χ3v) is 4.26. The average Bonchev–Trinajstić information content (AvgIpc) is 2.77. The SMILES string of the molecule is CC(NC1CCCC1CO)c1ccc(Br)cc1. The zero-order valence-corrected chi connectivity index (χ0v) is 11.8. The minimum absolute atomic E-state index is 0.310. The molecule has 0 heterocycles. The lowest BCUT2D eigenvalue weighted by Gasteiger charge is -2.24. The van der Waals surface area contributed by atoms with Crippen molar-refractivity contribution in [3.05, 3.63) is 34.3 Å². The Kier molecular flexibility index (Phi) is 4.60. The molecule has 2 rings (SSSR count). The molecule has 0 aliphatic heterocycles. The van der Waals surface area contributed by atoms with Crippen LogP contribution in [0.4, 0.5) is 0 Å². The van der Waals surface area contributed by atoms with Crippen LogP contribution in [-0.4, -0.2) is 17.8 Å². The maximum absolute atomic E-state index is 9.31. The summed E-state index contributed by atoms with van der Waals surface area (Å²) in [7, 11) is 0. The van der Waals surface area contributed by atoms with E-state index in [2.05, 4.69) is 52.4 Å². The molecule has 0 saturated heterocycles. The normalized spacial score (nSPS) is 26.1. The number of aliphatic hydroxyl groups excluding tert-OH is 1. The first-order valence-corrected chi connectivity index (χ1v) is 7.12. The molecule has 3 unspecified atom stereocenters. The van der Waals surface area contributed by atoms with Crippen LogP contribution in [0.15, 0.2) is 28.7 Å². The van der Waals surface area contributed by atoms with Crippen molar-refractivity contribution in [1.29, 1.82) is 0 Å². The number of benzene rings is 1. The van der Waals surface area contributed by atoms with Gasteiger partial charge in [-0.05, 0) is 43.4 Å². The van der Waals surface area contributed by atoms with E-state index in [-0.39, 0.29) is 0 Å². The van der Waals surface area contributed by atoms with Gasteiger partial charge < -0.3 is 10.4 Å². The van der Waals surface area contributed by atoms with Crippen LogP contribution in [0.25, 0.3) is 0 Å². The van der Waals surface area contributed by atoms with Crippen molar-refractivity contribution in [2.75, 3.05) is 6.61 Å². The molecule has 3 heteroatoms. The lowest BCUT2D eigenvalue weighted by molar-refractivity contribution is 0.200. The second-order valence-corrected chi connectivity index (χ2v) is 5.84. The number of hydrogen-bond acceptors (Lipinski definition) is 2. The summed E-state index contributed by atoms with van der Waals surface area (Å²) in [5, 5.41) is 13.0. The van der Waals surface area contributed by atoms with E-state index in [0.29, 0.717) is 24.6 Å². The van der Waals surface area contributed by atoms with E-state index in [1.807, 2.05) is 0 Å². The van der Waals surface area contributed by atoms with Gasteiger partial charge >= 0.3 is 0 Å². The highest BCUT2D eigenvalue weighted by atomic mass is 79.9. The molecule has 3 atom stereocenters. The van der Waals surface area contributed by atoms with Crippen LogP contribution in [0.1, 0.15) is 37.8 Å². The summed E-state index contributed by atoms with van der Waals surface area (Å²) in [4.78, 5) is 0. The molecule has 0 radical (unpaired) electrons. The van der Waals surface area contributed by atoms with E-state index >= 15 is 0 Å². The van der Waals surface area contributed by atoms with E-state index in [1.165, 1.54) is 18.4 Å². The Labute approximate surface area is 112 Å². The Hall–Kier alpha value is -0.380. The van der Waals surface area contributed by atoms with Gasteiger partial charge in [-0.15, -0.1) is 0 Å². The highest BCUT2D eigenvalue weighted by Gasteiger charge is 2.27. The van der Waals surface area contributed by atoms with Crippen LogP contribution in [0.2, 0.25) is 0 Å². The highest BCUT2D eigenvalue weighted by molar-refractivity contribution is 9.10. The summed E-state index contributed by atoms with van der Waals surface area (Å²) in [6, 6.07) is 9.26. The van der Waals surface area contributed by atoms with E-state index in [9.17, 15) is 5.11 Å². The van der Waals surface area contributed by atoms with E-state index in [1.54, 1.807) is 0 Å². The van der Waals surface area contributed by atoms with Crippen LogP contribution < -0.4 is 5.32 Å². The third kappa shape index (κ3) is 3.30. The maximum atomic E-state index is 9.31. The molecule has 17 heavy (non-hydrogen) atoms. The molecular weight excluding hydrogens is 278 g/mol. The van der Waals surface area contributed by atoms with Gasteiger partial charge in [0.25, 0.3) is 0 Å². The lowest BCUT2D eigenvalue weighted by Crippen LogP contribution is -2.35. The molecule has 0 spiro atoms. The molecule has 1 saturated carbocycles. The Bertz CT molecular complexity index is 352. The quantitative estimate of drug-likeness (QED) is 0.894. The van der Waals surface area contributed by atoms with Crippen LogP contribution >= 0.6 is 15.9 Å². The number of aliphatic hydroxyl groups is 1. The maximum Gasteiger partial charge on any atom is 0.0474 e. The van der Waals surface area contributed by atoms with Gasteiger partial charge in [0.15, 0.2) is 0 Å². The fourth-order valence-corrected chi connectivity index (χ4v) is 2.91. The van der Waals surface area contributed by atoms with Crippen LogP contribution in [0.5, 0.6) is 0 Å². The summed E-state index contributed by atoms with van der Waals surface area (Å²) in [5.74, 6) is 0.438. The van der Waals surface area contributed by atoms with Gasteiger partial charge in [-0.1, -0.05) is 34.5 Å². The van der Waals surface area contributed by atoms with Crippen LogP contribution in [0, 0.1) is 5.92 Å². The number of rotatable bonds is 4. The fourth-order valence-electron chi connectivity index (χ4n) is 2.64. The molecule has 1 aliphatic rings. The Balaban J connectivity index is 1.96. The molecule has 1 aromatic rings. The molecule has 1 aromatic carbocycles. The van der Waals surface area contributed by atoms with Gasteiger partial charge in [-0.3, -0.25) is 0 Å². The van der Waals surface area contributed by atoms with Gasteiger partial charge in [0.1, 0.15) is 0 Å². The predicted octanol–water partition coefficient (Wildman–Crippen LogP) is 3.26. The van der Waals surface area contributed by atoms with E-state index in [0.717, 1.165) is 10.9 Å². The van der Waals surface area contributed by atoms with Crippen molar-refractivity contribution in [2.24, 2.45) is 5.92 Å². The first-order valence-electron chi connectivity index (χ1n) is 6.33. The second-order valence-electron chi connectivity index (χ2n) is 4.92. The monoisotopic (exact) mass is 297 g/mol. The Morgan fingerprint density at radius 1 is 1.35 bits per heavy atom. The smallest absolute Gasteiger partial charge is 0.0474 e. The predicted molar refractivity (Wildman–Crippen MR) is 73.9 cm³/mol. The lowest BCUT2D eigenvalue weighted by atomic mass is 10.0. The van der Waals surface area contributed by atoms with Crippen molar-refractivity contribution in [3.63, 3.8) is 0 Å². The molecule has 1 aliphatic carbocycles. The van der Waals surface area contributed by atoms with Crippen molar-refractivity contribution in [3.8, 4) is 0 Å². The van der Waals surface area contributed by atoms with E-state index < -0.39 is 0 Å². The molecule has 94 valence electrons. The average molecular weight is 298 g/mol. The molecule has 0 bridgehead atoms. The second kappa shape index (κ2) is 5.98. The molecular formula is C14H20BrNO. The summed E-state index contributed by atoms with van der Waals surface area (Å²) in [6.45, 7) is 2.50. The molecule has 2 nitrogen and oxygen atoms in total. The minimum Gasteiger partial charge on any atom is -0.396 e.